The lowest BCUT2D eigenvalue weighted by atomic mass is 10.1. The molecule has 0 spiro atoms. The summed E-state index contributed by atoms with van der Waals surface area (Å²) in [5, 5.41) is 0. The van der Waals surface area contributed by atoms with Crippen LogP contribution < -0.4 is 21.5 Å². The van der Waals surface area contributed by atoms with Crippen molar-refractivity contribution in [1.29, 1.82) is 0 Å². The second kappa shape index (κ2) is 12.3. The molecule has 1 aromatic heterocycles. The molecule has 0 aliphatic rings. The Morgan fingerprint density at radius 3 is 2.09 bits per heavy atom. The summed E-state index contributed by atoms with van der Waals surface area (Å²) in [5.74, 6) is 0. The predicted molar refractivity (Wildman–Crippen MR) is 93.2 cm³/mol. The first-order valence-electron chi connectivity index (χ1n) is 9.02. The van der Waals surface area contributed by atoms with E-state index >= 15 is 0 Å². The van der Waals surface area contributed by atoms with Crippen molar-refractivity contribution in [2.45, 2.75) is 71.3 Å². The smallest absolute Gasteiger partial charge is 0.248 e. The van der Waals surface area contributed by atoms with Crippen molar-refractivity contribution in [3.8, 4) is 5.69 Å². The van der Waals surface area contributed by atoms with Gasteiger partial charge >= 0.3 is 0 Å². The van der Waals surface area contributed by atoms with Gasteiger partial charge in [-0.2, -0.15) is 0 Å². The van der Waals surface area contributed by atoms with Crippen LogP contribution in [0.3, 0.4) is 0 Å². The summed E-state index contributed by atoms with van der Waals surface area (Å²) in [6.07, 6.45) is 19.0. The fourth-order valence-electron chi connectivity index (χ4n) is 2.88. The molecule has 0 atom stereocenters. The minimum Gasteiger partial charge on any atom is -1.00 e. The first-order valence-corrected chi connectivity index (χ1v) is 9.02. The van der Waals surface area contributed by atoms with E-state index in [-0.39, 0.29) is 17.0 Å². The number of benzene rings is 1. The number of unbranched alkanes of at least 4 members (excludes halogenated alkanes) is 8. The Labute approximate surface area is 152 Å². The molecule has 2 aromatic rings. The van der Waals surface area contributed by atoms with Crippen LogP contribution in [-0.4, -0.2) is 4.57 Å². The number of para-hydroxylation sites is 1. The van der Waals surface area contributed by atoms with Crippen LogP contribution in [0.1, 0.15) is 64.7 Å². The van der Waals surface area contributed by atoms with Crippen molar-refractivity contribution in [2.24, 2.45) is 0 Å². The molecule has 3 heteroatoms. The summed E-state index contributed by atoms with van der Waals surface area (Å²) >= 11 is 0. The Hall–Kier alpha value is -1.09. The van der Waals surface area contributed by atoms with Crippen LogP contribution in [0.2, 0.25) is 0 Å². The van der Waals surface area contributed by atoms with Crippen molar-refractivity contribution < 1.29 is 21.5 Å². The first-order chi connectivity index (χ1) is 10.9. The number of aromatic nitrogens is 2. The van der Waals surface area contributed by atoms with E-state index < -0.39 is 0 Å². The number of halogens is 1. The topological polar surface area (TPSA) is 8.81 Å². The van der Waals surface area contributed by atoms with E-state index in [0.29, 0.717) is 0 Å². The third-order valence-corrected chi connectivity index (χ3v) is 4.27. The quantitative estimate of drug-likeness (QED) is 0.419. The maximum absolute atomic E-state index is 2.30. The number of imidazole rings is 1. The molecule has 0 bridgehead atoms. The van der Waals surface area contributed by atoms with Crippen molar-refractivity contribution >= 4 is 0 Å². The maximum atomic E-state index is 2.30. The molecule has 0 aliphatic carbocycles. The predicted octanol–water partition coefficient (Wildman–Crippen LogP) is 2.30. The fraction of sp³-hybridized carbons (Fsp3) is 0.550. The van der Waals surface area contributed by atoms with Gasteiger partial charge in [-0.15, -0.1) is 0 Å². The molecule has 0 amide bonds. The van der Waals surface area contributed by atoms with E-state index in [1.165, 1.54) is 63.5 Å². The van der Waals surface area contributed by atoms with Crippen molar-refractivity contribution in [2.75, 3.05) is 0 Å². The Kier molecular flexibility index (Phi) is 10.7. The molecular weight excluding hydrogens is 348 g/mol. The van der Waals surface area contributed by atoms with E-state index in [0.717, 1.165) is 6.54 Å². The van der Waals surface area contributed by atoms with Crippen molar-refractivity contribution in [3.05, 3.63) is 49.1 Å². The molecule has 0 saturated heterocycles. The average Bonchev–Trinajstić information content (AvgIpc) is 3.03. The fourth-order valence-corrected chi connectivity index (χ4v) is 2.88. The third kappa shape index (κ3) is 7.83. The third-order valence-electron chi connectivity index (χ3n) is 4.27. The van der Waals surface area contributed by atoms with Gasteiger partial charge in [0.05, 0.1) is 6.54 Å². The summed E-state index contributed by atoms with van der Waals surface area (Å²) in [7, 11) is 0. The summed E-state index contributed by atoms with van der Waals surface area (Å²) < 4.78 is 4.49. The lowest BCUT2D eigenvalue weighted by Crippen LogP contribution is -3.00. The normalized spacial score (nSPS) is 10.5. The van der Waals surface area contributed by atoms with E-state index in [4.69, 9.17) is 0 Å². The highest BCUT2D eigenvalue weighted by atomic mass is 79.9. The number of rotatable bonds is 11. The SMILES string of the molecule is CCCCCCCCCCC[n+]1ccn(-c2ccccc2)c1.[Br-]. The standard InChI is InChI=1S/C20H31N2.BrH/c1-2-3-4-5-6-7-8-9-13-16-21-17-18-22(19-21)20-14-11-10-12-15-20;/h10-12,14-15,17-19H,2-9,13,16H2,1H3;1H/q+1;/p-1. The zero-order valence-corrected chi connectivity index (χ0v) is 16.0. The lowest BCUT2D eigenvalue weighted by molar-refractivity contribution is -0.696. The Morgan fingerprint density at radius 2 is 1.43 bits per heavy atom. The first kappa shape index (κ1) is 20.0. The van der Waals surface area contributed by atoms with Crippen LogP contribution in [-0.2, 0) is 6.54 Å². The molecule has 0 fully saturated rings. The van der Waals surface area contributed by atoms with Crippen LogP contribution in [0.5, 0.6) is 0 Å². The van der Waals surface area contributed by atoms with Gasteiger partial charge in [0.2, 0.25) is 6.33 Å². The Morgan fingerprint density at radius 1 is 0.826 bits per heavy atom. The summed E-state index contributed by atoms with van der Waals surface area (Å²) in [6.45, 7) is 3.42. The van der Waals surface area contributed by atoms with Gasteiger partial charge in [0, 0.05) is 0 Å². The molecule has 0 N–H and O–H groups in total. The van der Waals surface area contributed by atoms with Gasteiger partial charge in [-0.3, -0.25) is 0 Å². The highest BCUT2D eigenvalue weighted by Gasteiger charge is 2.05. The van der Waals surface area contributed by atoms with E-state index in [1.807, 2.05) is 0 Å². The van der Waals surface area contributed by atoms with E-state index in [1.54, 1.807) is 0 Å². The van der Waals surface area contributed by atoms with Crippen LogP contribution >= 0.6 is 0 Å². The molecule has 0 radical (unpaired) electrons. The van der Waals surface area contributed by atoms with E-state index in [9.17, 15) is 0 Å². The number of aryl methyl sites for hydroxylation is 1. The maximum Gasteiger partial charge on any atom is 0.248 e. The number of hydrogen-bond acceptors (Lipinski definition) is 0. The summed E-state index contributed by atoms with van der Waals surface area (Å²) in [4.78, 5) is 0. The summed E-state index contributed by atoms with van der Waals surface area (Å²) in [6, 6.07) is 10.5. The minimum atomic E-state index is 0. The molecule has 0 aliphatic heterocycles. The second-order valence-electron chi connectivity index (χ2n) is 6.22. The van der Waals surface area contributed by atoms with Crippen molar-refractivity contribution in [1.82, 2.24) is 4.57 Å². The van der Waals surface area contributed by atoms with Gasteiger partial charge in [-0.05, 0) is 25.0 Å². The number of nitrogens with zero attached hydrogens (tertiary/aromatic N) is 2. The molecule has 1 heterocycles. The second-order valence-corrected chi connectivity index (χ2v) is 6.22. The highest BCUT2D eigenvalue weighted by Crippen LogP contribution is 2.09. The van der Waals surface area contributed by atoms with Crippen molar-refractivity contribution in [3.63, 3.8) is 0 Å². The zero-order chi connectivity index (χ0) is 15.5. The largest absolute Gasteiger partial charge is 1.00 e. The molecule has 2 nitrogen and oxygen atoms in total. The molecule has 0 saturated carbocycles. The van der Waals surface area contributed by atoms with Gasteiger partial charge in [0.15, 0.2) is 0 Å². The molecular formula is C20H31BrN2. The lowest BCUT2D eigenvalue weighted by Gasteiger charge is -2.01. The molecule has 2 rings (SSSR count). The summed E-state index contributed by atoms with van der Waals surface area (Å²) in [5.41, 5.74) is 1.23. The Bertz CT molecular complexity index is 507. The monoisotopic (exact) mass is 378 g/mol. The van der Waals surface area contributed by atoms with Crippen LogP contribution in [0.4, 0.5) is 0 Å². The van der Waals surface area contributed by atoms with Gasteiger partial charge in [0.25, 0.3) is 0 Å². The Balaban J connectivity index is 0.00000264. The van der Waals surface area contributed by atoms with Gasteiger partial charge in [0.1, 0.15) is 18.1 Å². The van der Waals surface area contributed by atoms with Crippen LogP contribution in [0, 0.1) is 0 Å². The molecule has 0 unspecified atom stereocenters. The van der Waals surface area contributed by atoms with Gasteiger partial charge in [-0.1, -0.05) is 70.1 Å². The van der Waals surface area contributed by atoms with E-state index in [2.05, 4.69) is 65.1 Å². The minimum absolute atomic E-state index is 0. The highest BCUT2D eigenvalue weighted by molar-refractivity contribution is 5.30. The molecule has 23 heavy (non-hydrogen) atoms. The molecule has 128 valence electrons. The average molecular weight is 379 g/mol. The van der Waals surface area contributed by atoms with Gasteiger partial charge in [-0.25, -0.2) is 9.13 Å². The number of hydrogen-bond donors (Lipinski definition) is 0. The van der Waals surface area contributed by atoms with Crippen LogP contribution in [0.25, 0.3) is 5.69 Å². The molecule has 1 aromatic carbocycles. The van der Waals surface area contributed by atoms with Crippen LogP contribution in [0.15, 0.2) is 49.1 Å². The zero-order valence-electron chi connectivity index (χ0n) is 14.5. The van der Waals surface area contributed by atoms with Gasteiger partial charge < -0.3 is 17.0 Å².